The van der Waals surface area contributed by atoms with Crippen LogP contribution in [0.15, 0.2) is 11.6 Å². The summed E-state index contributed by atoms with van der Waals surface area (Å²) in [5.74, 6) is 0. The van der Waals surface area contributed by atoms with Crippen molar-refractivity contribution in [2.75, 3.05) is 13.7 Å². The minimum absolute atomic E-state index is 0.104. The van der Waals surface area contributed by atoms with Gasteiger partial charge in [-0.15, -0.1) is 0 Å². The van der Waals surface area contributed by atoms with Crippen molar-refractivity contribution in [3.8, 4) is 0 Å². The molecule has 1 saturated carbocycles. The second-order valence-corrected chi connectivity index (χ2v) is 5.18. The summed E-state index contributed by atoms with van der Waals surface area (Å²) in [5, 5.41) is 19.5. The zero-order valence-electron chi connectivity index (χ0n) is 9.98. The summed E-state index contributed by atoms with van der Waals surface area (Å²) in [6.45, 7) is 0.736. The van der Waals surface area contributed by atoms with E-state index >= 15 is 0 Å². The van der Waals surface area contributed by atoms with E-state index in [2.05, 4.69) is 0 Å². The summed E-state index contributed by atoms with van der Waals surface area (Å²) in [5.41, 5.74) is 1.46. The summed E-state index contributed by atoms with van der Waals surface area (Å²) in [7, 11) is 1.72. The van der Waals surface area contributed by atoms with Gasteiger partial charge in [0.05, 0.1) is 12.2 Å². The van der Waals surface area contributed by atoms with Crippen LogP contribution < -0.4 is 0 Å². The predicted molar refractivity (Wildman–Crippen MR) is 62.1 cm³/mol. The highest BCUT2D eigenvalue weighted by Gasteiger charge is 2.42. The third-order valence-electron chi connectivity index (χ3n) is 4.18. The first-order valence-corrected chi connectivity index (χ1v) is 6.24. The molecule has 0 aromatic carbocycles. The first-order chi connectivity index (χ1) is 7.68. The van der Waals surface area contributed by atoms with Crippen LogP contribution >= 0.6 is 0 Å². The van der Waals surface area contributed by atoms with Gasteiger partial charge in [-0.1, -0.05) is 18.1 Å². The van der Waals surface area contributed by atoms with Crippen LogP contribution in [0.5, 0.6) is 0 Å². The number of hydrogen-bond acceptors (Lipinski definition) is 3. The van der Waals surface area contributed by atoms with Crippen LogP contribution in [-0.4, -0.2) is 36.1 Å². The maximum Gasteiger partial charge on any atom is 0.0983 e. The van der Waals surface area contributed by atoms with Crippen molar-refractivity contribution in [2.24, 2.45) is 5.41 Å². The minimum Gasteiger partial charge on any atom is -0.390 e. The number of aliphatic hydroxyl groups excluding tert-OH is 2. The fourth-order valence-electron chi connectivity index (χ4n) is 3.22. The smallest absolute Gasteiger partial charge is 0.0983 e. The summed E-state index contributed by atoms with van der Waals surface area (Å²) >= 11 is 0. The predicted octanol–water partition coefficient (Wildman–Crippen LogP) is 1.64. The molecule has 0 spiro atoms. The van der Waals surface area contributed by atoms with Crippen LogP contribution in [0.25, 0.3) is 0 Å². The lowest BCUT2D eigenvalue weighted by Gasteiger charge is -2.45. The quantitative estimate of drug-likeness (QED) is 0.719. The Bertz CT molecular complexity index is 274. The van der Waals surface area contributed by atoms with Crippen molar-refractivity contribution in [1.82, 2.24) is 0 Å². The highest BCUT2D eigenvalue weighted by molar-refractivity contribution is 5.23. The lowest BCUT2D eigenvalue weighted by molar-refractivity contribution is -0.00918. The van der Waals surface area contributed by atoms with E-state index in [1.54, 1.807) is 7.11 Å². The maximum atomic E-state index is 9.85. The van der Waals surface area contributed by atoms with Gasteiger partial charge in [0, 0.05) is 13.7 Å². The molecule has 0 amide bonds. The molecule has 0 radical (unpaired) electrons. The van der Waals surface area contributed by atoms with Crippen LogP contribution in [0.1, 0.15) is 38.5 Å². The lowest BCUT2D eigenvalue weighted by atomic mass is 9.62. The van der Waals surface area contributed by atoms with Gasteiger partial charge in [-0.2, -0.15) is 0 Å². The summed E-state index contributed by atoms with van der Waals surface area (Å²) < 4.78 is 5.18. The number of ether oxygens (including phenoxy) is 1. The molecule has 16 heavy (non-hydrogen) atoms. The Balaban J connectivity index is 2.19. The first-order valence-electron chi connectivity index (χ1n) is 6.24. The van der Waals surface area contributed by atoms with Gasteiger partial charge < -0.3 is 14.9 Å². The molecule has 0 heterocycles. The first kappa shape index (κ1) is 12.1. The van der Waals surface area contributed by atoms with Gasteiger partial charge in [0.25, 0.3) is 0 Å². The average molecular weight is 226 g/mol. The van der Waals surface area contributed by atoms with E-state index in [-0.39, 0.29) is 5.41 Å². The molecule has 0 saturated heterocycles. The summed E-state index contributed by atoms with van der Waals surface area (Å²) in [4.78, 5) is 0. The minimum atomic E-state index is -0.663. The molecule has 2 rings (SSSR count). The van der Waals surface area contributed by atoms with Crippen LogP contribution in [-0.2, 0) is 4.74 Å². The fourth-order valence-corrected chi connectivity index (χ4v) is 3.22. The molecular weight excluding hydrogens is 204 g/mol. The molecule has 0 bridgehead atoms. The molecule has 0 aromatic rings. The third kappa shape index (κ3) is 2.17. The zero-order valence-corrected chi connectivity index (χ0v) is 9.98. The largest absolute Gasteiger partial charge is 0.390 e. The van der Waals surface area contributed by atoms with Gasteiger partial charge in [0.15, 0.2) is 0 Å². The molecule has 2 aliphatic rings. The van der Waals surface area contributed by atoms with E-state index < -0.39 is 12.2 Å². The number of fused-ring (bicyclic) bond motifs is 1. The summed E-state index contributed by atoms with van der Waals surface area (Å²) in [6, 6.07) is 0. The highest BCUT2D eigenvalue weighted by atomic mass is 16.5. The molecule has 2 N–H and O–H groups in total. The van der Waals surface area contributed by atoms with E-state index in [4.69, 9.17) is 4.74 Å². The molecular formula is C13H22O3. The molecule has 2 unspecified atom stereocenters. The molecule has 0 aliphatic heterocycles. The molecule has 3 nitrogen and oxygen atoms in total. The second-order valence-electron chi connectivity index (χ2n) is 5.18. The Morgan fingerprint density at radius 1 is 1.44 bits per heavy atom. The number of methoxy groups -OCH3 is 1. The monoisotopic (exact) mass is 226 g/mol. The lowest BCUT2D eigenvalue weighted by Crippen LogP contribution is -2.41. The van der Waals surface area contributed by atoms with Crippen molar-refractivity contribution in [2.45, 2.75) is 50.7 Å². The molecule has 92 valence electrons. The van der Waals surface area contributed by atoms with Gasteiger partial charge in [-0.25, -0.2) is 0 Å². The maximum absolute atomic E-state index is 9.85. The average Bonchev–Trinajstić information content (AvgIpc) is 2.28. The Morgan fingerprint density at radius 3 is 3.00 bits per heavy atom. The SMILES string of the molecule is COCC[C@@]12CCCCC1=CC(O)C(O)C2. The molecule has 3 atom stereocenters. The Labute approximate surface area is 97.1 Å². The Morgan fingerprint density at radius 2 is 2.25 bits per heavy atom. The van der Waals surface area contributed by atoms with Gasteiger partial charge in [-0.3, -0.25) is 0 Å². The second kappa shape index (κ2) is 4.86. The fraction of sp³-hybridized carbons (Fsp3) is 0.846. The number of aliphatic hydroxyl groups is 2. The molecule has 3 heteroatoms. The van der Waals surface area contributed by atoms with E-state index in [1.165, 1.54) is 18.4 Å². The van der Waals surface area contributed by atoms with Crippen LogP contribution in [0.3, 0.4) is 0 Å². The topological polar surface area (TPSA) is 49.7 Å². The molecule has 2 aliphatic carbocycles. The highest BCUT2D eigenvalue weighted by Crippen LogP contribution is 2.49. The standard InChI is InChI=1S/C13H22O3/c1-16-7-6-13-5-3-2-4-10(13)8-11(14)12(15)9-13/h8,11-12,14-15H,2-7,9H2,1H3/t11?,12?,13-/m1/s1. The van der Waals surface area contributed by atoms with E-state index in [9.17, 15) is 10.2 Å². The van der Waals surface area contributed by atoms with Crippen molar-refractivity contribution < 1.29 is 14.9 Å². The van der Waals surface area contributed by atoms with E-state index in [0.717, 1.165) is 25.9 Å². The van der Waals surface area contributed by atoms with Gasteiger partial charge in [0.1, 0.15) is 0 Å². The van der Waals surface area contributed by atoms with Crippen LogP contribution in [0.4, 0.5) is 0 Å². The zero-order chi connectivity index (χ0) is 11.6. The van der Waals surface area contributed by atoms with Gasteiger partial charge in [-0.05, 0) is 37.5 Å². The summed E-state index contributed by atoms with van der Waals surface area (Å²) in [6.07, 6.45) is 6.94. The third-order valence-corrected chi connectivity index (χ3v) is 4.18. The van der Waals surface area contributed by atoms with Gasteiger partial charge in [0.2, 0.25) is 0 Å². The Kier molecular flexibility index (Phi) is 3.67. The van der Waals surface area contributed by atoms with Crippen molar-refractivity contribution in [1.29, 1.82) is 0 Å². The normalized spacial score (nSPS) is 39.1. The molecule has 0 aromatic heterocycles. The number of hydrogen-bond donors (Lipinski definition) is 2. The van der Waals surface area contributed by atoms with Crippen molar-refractivity contribution in [3.63, 3.8) is 0 Å². The van der Waals surface area contributed by atoms with Crippen LogP contribution in [0.2, 0.25) is 0 Å². The van der Waals surface area contributed by atoms with Crippen molar-refractivity contribution in [3.05, 3.63) is 11.6 Å². The van der Waals surface area contributed by atoms with E-state index in [1.807, 2.05) is 6.08 Å². The number of allylic oxidation sites excluding steroid dienone is 1. The van der Waals surface area contributed by atoms with Crippen LogP contribution in [0, 0.1) is 5.41 Å². The Hall–Kier alpha value is -0.380. The molecule has 1 fully saturated rings. The number of rotatable bonds is 3. The van der Waals surface area contributed by atoms with Gasteiger partial charge >= 0.3 is 0 Å². The van der Waals surface area contributed by atoms with E-state index in [0.29, 0.717) is 6.42 Å². The van der Waals surface area contributed by atoms with Crippen molar-refractivity contribution >= 4 is 0 Å².